The normalized spacial score (nSPS) is 12.6. The summed E-state index contributed by atoms with van der Waals surface area (Å²) < 4.78 is 18.4. The lowest BCUT2D eigenvalue weighted by atomic mass is 10.0. The highest BCUT2D eigenvalue weighted by Crippen LogP contribution is 2.10. The van der Waals surface area contributed by atoms with E-state index in [4.69, 9.17) is 10.3 Å². The van der Waals surface area contributed by atoms with Crippen molar-refractivity contribution < 1.29 is 8.91 Å². The predicted octanol–water partition coefficient (Wildman–Crippen LogP) is 1.63. The summed E-state index contributed by atoms with van der Waals surface area (Å²) in [6.45, 7) is 1.75. The molecular formula is C12H14FN3O. The van der Waals surface area contributed by atoms with Crippen molar-refractivity contribution >= 4 is 0 Å². The largest absolute Gasteiger partial charge is 0.339 e. The van der Waals surface area contributed by atoms with Crippen LogP contribution in [-0.4, -0.2) is 16.2 Å². The minimum atomic E-state index is -0.232. The Bertz CT molecular complexity index is 498. The second-order valence-electron chi connectivity index (χ2n) is 4.00. The number of nitrogens with zero attached hydrogens (tertiary/aromatic N) is 2. The van der Waals surface area contributed by atoms with Crippen molar-refractivity contribution in [3.63, 3.8) is 0 Å². The van der Waals surface area contributed by atoms with E-state index in [2.05, 4.69) is 10.1 Å². The van der Waals surface area contributed by atoms with Gasteiger partial charge in [0.15, 0.2) is 5.82 Å². The summed E-state index contributed by atoms with van der Waals surface area (Å²) in [5.41, 5.74) is 6.53. The molecule has 4 nitrogen and oxygen atoms in total. The van der Waals surface area contributed by atoms with Gasteiger partial charge in [0.05, 0.1) is 0 Å². The van der Waals surface area contributed by atoms with Crippen molar-refractivity contribution in [1.29, 1.82) is 0 Å². The molecule has 2 N–H and O–H groups in total. The van der Waals surface area contributed by atoms with E-state index in [0.29, 0.717) is 30.1 Å². The molecule has 5 heteroatoms. The van der Waals surface area contributed by atoms with Crippen LogP contribution in [0.2, 0.25) is 0 Å². The first kappa shape index (κ1) is 11.7. The maximum Gasteiger partial charge on any atom is 0.228 e. The molecule has 2 rings (SSSR count). The Hall–Kier alpha value is -1.75. The molecule has 0 spiro atoms. The van der Waals surface area contributed by atoms with Crippen LogP contribution in [0.15, 0.2) is 28.8 Å². The Balaban J connectivity index is 1.98. The zero-order chi connectivity index (χ0) is 12.3. The lowest BCUT2D eigenvalue weighted by molar-refractivity contribution is 0.364. The lowest BCUT2D eigenvalue weighted by Crippen LogP contribution is -2.26. The molecule has 0 fully saturated rings. The fraction of sp³-hybridized carbons (Fsp3) is 0.333. The second kappa shape index (κ2) is 5.05. The van der Waals surface area contributed by atoms with E-state index in [1.165, 1.54) is 6.07 Å². The van der Waals surface area contributed by atoms with Crippen molar-refractivity contribution in [2.45, 2.75) is 25.8 Å². The molecule has 1 unspecified atom stereocenters. The molecule has 90 valence electrons. The van der Waals surface area contributed by atoms with Gasteiger partial charge in [-0.05, 0) is 25.0 Å². The summed E-state index contributed by atoms with van der Waals surface area (Å²) in [6.07, 6.45) is 0.906. The Morgan fingerprint density at radius 2 is 2.12 bits per heavy atom. The van der Waals surface area contributed by atoms with Crippen LogP contribution in [0.5, 0.6) is 0 Å². The topological polar surface area (TPSA) is 64.9 Å². The van der Waals surface area contributed by atoms with Gasteiger partial charge in [-0.3, -0.25) is 0 Å². The van der Waals surface area contributed by atoms with Gasteiger partial charge in [-0.2, -0.15) is 4.98 Å². The molecular weight excluding hydrogens is 221 g/mol. The van der Waals surface area contributed by atoms with Crippen LogP contribution in [0.4, 0.5) is 4.39 Å². The van der Waals surface area contributed by atoms with E-state index in [9.17, 15) is 4.39 Å². The summed E-state index contributed by atoms with van der Waals surface area (Å²) in [5.74, 6) is 0.842. The maximum atomic E-state index is 13.4. The number of hydrogen-bond donors (Lipinski definition) is 1. The molecule has 0 radical (unpaired) electrons. The minimum Gasteiger partial charge on any atom is -0.339 e. The van der Waals surface area contributed by atoms with Crippen LogP contribution in [0.3, 0.4) is 0 Å². The number of aryl methyl sites for hydroxylation is 1. The fourth-order valence-corrected chi connectivity index (χ4v) is 1.67. The lowest BCUT2D eigenvalue weighted by Gasteiger charge is -2.09. The Morgan fingerprint density at radius 3 is 2.76 bits per heavy atom. The molecule has 0 aliphatic carbocycles. The Kier molecular flexibility index (Phi) is 3.49. The number of rotatable bonds is 4. The van der Waals surface area contributed by atoms with Crippen LogP contribution in [0.25, 0.3) is 0 Å². The second-order valence-corrected chi connectivity index (χ2v) is 4.00. The van der Waals surface area contributed by atoms with Crippen molar-refractivity contribution in [3.05, 3.63) is 47.4 Å². The summed E-state index contributed by atoms with van der Waals surface area (Å²) in [4.78, 5) is 4.06. The zero-order valence-electron chi connectivity index (χ0n) is 9.56. The third-order valence-electron chi connectivity index (χ3n) is 2.45. The van der Waals surface area contributed by atoms with Gasteiger partial charge in [0.25, 0.3) is 0 Å². The number of aromatic nitrogens is 2. The molecule has 0 amide bonds. The van der Waals surface area contributed by atoms with Crippen molar-refractivity contribution in [1.82, 2.24) is 10.1 Å². The van der Waals surface area contributed by atoms with Gasteiger partial charge in [0.2, 0.25) is 5.89 Å². The number of nitrogens with two attached hydrogens (primary N) is 1. The van der Waals surface area contributed by atoms with E-state index in [1.54, 1.807) is 25.1 Å². The molecule has 0 saturated heterocycles. The molecule has 1 heterocycles. The van der Waals surface area contributed by atoms with Gasteiger partial charge in [-0.1, -0.05) is 23.4 Å². The van der Waals surface area contributed by atoms with Gasteiger partial charge in [-0.25, -0.2) is 4.39 Å². The van der Waals surface area contributed by atoms with Crippen molar-refractivity contribution in [3.8, 4) is 0 Å². The average Bonchev–Trinajstić information content (AvgIpc) is 2.67. The Labute approximate surface area is 98.6 Å². The van der Waals surface area contributed by atoms with Crippen molar-refractivity contribution in [2.24, 2.45) is 5.73 Å². The first-order chi connectivity index (χ1) is 8.15. The highest BCUT2D eigenvalue weighted by molar-refractivity contribution is 5.18. The third-order valence-corrected chi connectivity index (χ3v) is 2.45. The highest BCUT2D eigenvalue weighted by Gasteiger charge is 2.12. The van der Waals surface area contributed by atoms with Crippen LogP contribution in [-0.2, 0) is 12.8 Å². The van der Waals surface area contributed by atoms with Gasteiger partial charge in [0, 0.05) is 12.5 Å². The number of benzene rings is 1. The molecule has 2 aromatic rings. The van der Waals surface area contributed by atoms with Crippen LogP contribution in [0.1, 0.15) is 17.3 Å². The van der Waals surface area contributed by atoms with Gasteiger partial charge >= 0.3 is 0 Å². The summed E-state index contributed by atoms with van der Waals surface area (Å²) in [6, 6.07) is 6.38. The monoisotopic (exact) mass is 235 g/mol. The first-order valence-electron chi connectivity index (χ1n) is 5.43. The molecule has 0 aliphatic rings. The van der Waals surface area contributed by atoms with Crippen LogP contribution in [0, 0.1) is 12.7 Å². The molecule has 1 atom stereocenters. The smallest absolute Gasteiger partial charge is 0.228 e. The van der Waals surface area contributed by atoms with Crippen LogP contribution < -0.4 is 5.73 Å². The van der Waals surface area contributed by atoms with Crippen LogP contribution >= 0.6 is 0 Å². The minimum absolute atomic E-state index is 0.230. The van der Waals surface area contributed by atoms with E-state index in [1.807, 2.05) is 0 Å². The number of halogens is 1. The molecule has 0 aliphatic heterocycles. The Morgan fingerprint density at radius 1 is 1.35 bits per heavy atom. The van der Waals surface area contributed by atoms with E-state index < -0.39 is 0 Å². The highest BCUT2D eigenvalue weighted by atomic mass is 19.1. The fourth-order valence-electron chi connectivity index (χ4n) is 1.67. The SMILES string of the molecule is Cc1noc(CC(N)Cc2ccccc2F)n1. The summed E-state index contributed by atoms with van der Waals surface area (Å²) >= 11 is 0. The van der Waals surface area contributed by atoms with E-state index in [0.717, 1.165) is 0 Å². The predicted molar refractivity (Wildman–Crippen MR) is 60.8 cm³/mol. The van der Waals surface area contributed by atoms with Crippen molar-refractivity contribution in [2.75, 3.05) is 0 Å². The average molecular weight is 235 g/mol. The zero-order valence-corrected chi connectivity index (χ0v) is 9.56. The quantitative estimate of drug-likeness (QED) is 0.874. The van der Waals surface area contributed by atoms with Gasteiger partial charge in [0.1, 0.15) is 5.82 Å². The van der Waals surface area contributed by atoms with Gasteiger partial charge in [-0.15, -0.1) is 0 Å². The first-order valence-corrected chi connectivity index (χ1v) is 5.43. The van der Waals surface area contributed by atoms with E-state index in [-0.39, 0.29) is 11.9 Å². The van der Waals surface area contributed by atoms with Gasteiger partial charge < -0.3 is 10.3 Å². The molecule has 17 heavy (non-hydrogen) atoms. The van der Waals surface area contributed by atoms with E-state index >= 15 is 0 Å². The molecule has 0 bridgehead atoms. The standard InChI is InChI=1S/C12H14FN3O/c1-8-15-12(17-16-8)7-10(14)6-9-4-2-3-5-11(9)13/h2-5,10H,6-7,14H2,1H3. The number of hydrogen-bond acceptors (Lipinski definition) is 4. The summed E-state index contributed by atoms with van der Waals surface area (Å²) in [5, 5.41) is 3.68. The molecule has 0 saturated carbocycles. The summed E-state index contributed by atoms with van der Waals surface area (Å²) in [7, 11) is 0. The maximum absolute atomic E-state index is 13.4. The molecule has 1 aromatic heterocycles. The molecule has 1 aromatic carbocycles. The third kappa shape index (κ3) is 3.10.